The number of fused-ring (bicyclic) bond motifs is 2. The number of halogens is 3. The summed E-state index contributed by atoms with van der Waals surface area (Å²) < 4.78 is 4.70. The third kappa shape index (κ3) is 7.00. The van der Waals surface area contributed by atoms with Gasteiger partial charge in [0.25, 0.3) is 0 Å². The van der Waals surface area contributed by atoms with E-state index in [-0.39, 0.29) is 55.8 Å². The van der Waals surface area contributed by atoms with Crippen LogP contribution >= 0.6 is 0 Å². The molecule has 5 heterocycles. The summed E-state index contributed by atoms with van der Waals surface area (Å²) in [7, 11) is 0. The first kappa shape index (κ1) is 34.4. The van der Waals surface area contributed by atoms with Crippen molar-refractivity contribution in [2.75, 3.05) is 26.2 Å². The zero-order chi connectivity index (χ0) is 25.3. The zero-order valence-electron chi connectivity index (χ0n) is 23.5. The summed E-state index contributed by atoms with van der Waals surface area (Å²) in [6.07, 6.45) is 7.73. The van der Waals surface area contributed by atoms with Gasteiger partial charge in [-0.05, 0) is 88.3 Å². The average Bonchev–Trinajstić information content (AvgIpc) is 3.53. The van der Waals surface area contributed by atoms with Crippen LogP contribution in [0.1, 0.15) is 38.5 Å². The fraction of sp³-hybridized carbons (Fsp3) is 0.387. The van der Waals surface area contributed by atoms with E-state index in [0.29, 0.717) is 0 Å². The van der Waals surface area contributed by atoms with Gasteiger partial charge in [0.15, 0.2) is 11.6 Å². The molecule has 42 heavy (non-hydrogen) atoms. The Morgan fingerprint density at radius 2 is 0.881 bits per heavy atom. The molecule has 2 aliphatic heterocycles. The van der Waals surface area contributed by atoms with Crippen LogP contribution in [-0.2, 0) is 31.9 Å². The van der Waals surface area contributed by atoms with Crippen molar-refractivity contribution in [3.63, 3.8) is 0 Å². The molecule has 0 amide bonds. The molecule has 3 aromatic heterocycles. The third-order valence-electron chi connectivity index (χ3n) is 8.10. The van der Waals surface area contributed by atoms with Crippen molar-refractivity contribution >= 4 is 22.1 Å². The largest absolute Gasteiger partial charge is 3.00 e. The smallest absolute Gasteiger partial charge is 1.00 e. The number of piperidine rings is 2. The van der Waals surface area contributed by atoms with Crippen molar-refractivity contribution in [2.24, 2.45) is 0 Å². The van der Waals surface area contributed by atoms with E-state index in [4.69, 9.17) is 15.0 Å². The molecule has 7 nitrogen and oxygen atoms in total. The van der Waals surface area contributed by atoms with Gasteiger partial charge in [-0.2, -0.15) is 0 Å². The number of likely N-dealkylation sites (tertiary alicyclic amines) is 2. The van der Waals surface area contributed by atoms with Gasteiger partial charge in [-0.15, -0.1) is 0 Å². The third-order valence-corrected chi connectivity index (χ3v) is 8.10. The van der Waals surface area contributed by atoms with Crippen LogP contribution in [-0.4, -0.2) is 60.1 Å². The quantitative estimate of drug-likeness (QED) is 0.194. The number of para-hydroxylation sites is 4. The summed E-state index contributed by atoms with van der Waals surface area (Å²) in [4.78, 5) is 20.5. The standard InChI is InChI=1S/C31H35N7.3ClH.V/c1-7-18-35(19-8-1)22-37-28-16-5-3-12-24(28)33-30(37)26-14-11-15-27(32-26)31-34-25-13-4-6-17-29(25)38(31)23-36-20-9-2-10-21-36;;;;/h3-6,11-17H,1-2,7-10,18-23H2;3*1H;/q;;;;+3/p-3. The van der Waals surface area contributed by atoms with Crippen LogP contribution in [0.15, 0.2) is 66.7 Å². The molecule has 220 valence electrons. The molecule has 11 heteroatoms. The van der Waals surface area contributed by atoms with Gasteiger partial charge in [-0.1, -0.05) is 43.2 Å². The molecule has 0 atom stereocenters. The minimum absolute atomic E-state index is 0. The predicted molar refractivity (Wildman–Crippen MR) is 153 cm³/mol. The van der Waals surface area contributed by atoms with Gasteiger partial charge in [-0.25, -0.2) is 15.0 Å². The van der Waals surface area contributed by atoms with Gasteiger partial charge in [0.2, 0.25) is 0 Å². The Balaban J connectivity index is 0.00000121. The van der Waals surface area contributed by atoms with E-state index in [1.54, 1.807) is 0 Å². The minimum Gasteiger partial charge on any atom is -1.00 e. The second-order valence-electron chi connectivity index (χ2n) is 10.8. The maximum absolute atomic E-state index is 5.21. The monoisotopic (exact) mass is 661 g/mol. The molecular formula is C31H35Cl3N7V. The number of pyridine rings is 1. The Bertz CT molecular complexity index is 1460. The Labute approximate surface area is 278 Å². The molecule has 0 unspecified atom stereocenters. The molecule has 2 aromatic carbocycles. The van der Waals surface area contributed by atoms with E-state index in [0.717, 1.165) is 84.6 Å². The van der Waals surface area contributed by atoms with Crippen LogP contribution in [0, 0.1) is 0 Å². The van der Waals surface area contributed by atoms with Crippen LogP contribution in [0.2, 0.25) is 0 Å². The number of nitrogens with zero attached hydrogens (tertiary/aromatic N) is 7. The van der Waals surface area contributed by atoms with E-state index >= 15 is 0 Å². The van der Waals surface area contributed by atoms with Crippen molar-refractivity contribution in [3.8, 4) is 23.0 Å². The Hall–Kier alpha value is -2.10. The van der Waals surface area contributed by atoms with Gasteiger partial charge < -0.3 is 46.4 Å². The Morgan fingerprint density at radius 3 is 1.31 bits per heavy atom. The van der Waals surface area contributed by atoms with Crippen molar-refractivity contribution in [2.45, 2.75) is 51.9 Å². The number of hydrogen-bond acceptors (Lipinski definition) is 5. The number of hydrogen-bond donors (Lipinski definition) is 0. The molecule has 0 aliphatic carbocycles. The van der Waals surface area contributed by atoms with Crippen molar-refractivity contribution in [1.82, 2.24) is 33.9 Å². The van der Waals surface area contributed by atoms with Crippen LogP contribution in [0.4, 0.5) is 0 Å². The number of benzene rings is 2. The molecule has 0 spiro atoms. The van der Waals surface area contributed by atoms with Gasteiger partial charge in [-0.3, -0.25) is 9.80 Å². The van der Waals surface area contributed by atoms with Crippen LogP contribution in [0.25, 0.3) is 45.1 Å². The fourth-order valence-corrected chi connectivity index (χ4v) is 6.11. The average molecular weight is 663 g/mol. The molecule has 7 rings (SSSR count). The molecule has 0 bridgehead atoms. The second-order valence-corrected chi connectivity index (χ2v) is 10.8. The Kier molecular flexibility index (Phi) is 12.8. The normalized spacial score (nSPS) is 15.8. The number of rotatable bonds is 6. The summed E-state index contributed by atoms with van der Waals surface area (Å²) in [5, 5.41) is 0. The molecule has 0 saturated carbocycles. The molecule has 2 aliphatic rings. The Morgan fingerprint density at radius 1 is 0.476 bits per heavy atom. The van der Waals surface area contributed by atoms with Gasteiger partial charge in [0, 0.05) is 0 Å². The topological polar surface area (TPSA) is 55.0 Å². The zero-order valence-corrected chi connectivity index (χ0v) is 27.2. The molecule has 0 N–H and O–H groups in total. The summed E-state index contributed by atoms with van der Waals surface area (Å²) in [5.74, 6) is 1.86. The molecule has 5 aromatic rings. The van der Waals surface area contributed by atoms with Crippen molar-refractivity contribution < 1.29 is 55.8 Å². The summed E-state index contributed by atoms with van der Waals surface area (Å²) in [5.41, 5.74) is 6.16. The second kappa shape index (κ2) is 15.6. The molecule has 2 fully saturated rings. The van der Waals surface area contributed by atoms with E-state index < -0.39 is 0 Å². The van der Waals surface area contributed by atoms with Crippen LogP contribution < -0.4 is 37.2 Å². The van der Waals surface area contributed by atoms with Crippen LogP contribution in [0.5, 0.6) is 0 Å². The van der Waals surface area contributed by atoms with E-state index in [9.17, 15) is 0 Å². The number of aromatic nitrogens is 5. The first-order chi connectivity index (χ1) is 18.8. The van der Waals surface area contributed by atoms with Crippen molar-refractivity contribution in [3.05, 3.63) is 66.7 Å². The van der Waals surface area contributed by atoms with E-state index in [1.165, 1.54) is 38.5 Å². The van der Waals surface area contributed by atoms with Crippen LogP contribution in [0.3, 0.4) is 0 Å². The summed E-state index contributed by atoms with van der Waals surface area (Å²) >= 11 is 0. The minimum atomic E-state index is 0. The van der Waals surface area contributed by atoms with E-state index in [1.807, 2.05) is 0 Å². The van der Waals surface area contributed by atoms with Gasteiger partial charge in [0.1, 0.15) is 11.4 Å². The maximum atomic E-state index is 5.21. The molecule has 0 radical (unpaired) electrons. The summed E-state index contributed by atoms with van der Waals surface area (Å²) in [6.45, 7) is 6.24. The molecular weight excluding hydrogens is 628 g/mol. The predicted octanol–water partition coefficient (Wildman–Crippen LogP) is -2.99. The summed E-state index contributed by atoms with van der Waals surface area (Å²) in [6, 6.07) is 23.2. The first-order valence-electron chi connectivity index (χ1n) is 14.2. The first-order valence-corrected chi connectivity index (χ1v) is 14.2. The maximum Gasteiger partial charge on any atom is 3.00 e. The van der Waals surface area contributed by atoms with Gasteiger partial charge >= 0.3 is 18.6 Å². The fourth-order valence-electron chi connectivity index (χ4n) is 6.11. The SMILES string of the molecule is [Cl-].[Cl-].[Cl-].[V+3].c1cc(-c2nc3ccccc3n2CN2CCCCC2)nc(-c2nc3ccccc3n2CN2CCCCC2)c1. The van der Waals surface area contributed by atoms with Gasteiger partial charge in [0.05, 0.1) is 35.4 Å². The molecule has 2 saturated heterocycles. The van der Waals surface area contributed by atoms with E-state index in [2.05, 4.69) is 85.7 Å². The van der Waals surface area contributed by atoms with Crippen molar-refractivity contribution in [1.29, 1.82) is 0 Å². The number of imidazole rings is 2.